The monoisotopic (exact) mass is 418 g/mol. The Morgan fingerprint density at radius 1 is 1.19 bits per heavy atom. The largest absolute Gasteiger partial charge is 0.380 e. The van der Waals surface area contributed by atoms with Gasteiger partial charge in [-0.1, -0.05) is 0 Å². The number of nitrogen functional groups attached to an aromatic ring is 1. The number of nitrogens with zero attached hydrogens (tertiary/aromatic N) is 3. The van der Waals surface area contributed by atoms with Crippen molar-refractivity contribution >= 4 is 23.1 Å². The van der Waals surface area contributed by atoms with Gasteiger partial charge in [0.05, 0.1) is 6.20 Å². The van der Waals surface area contributed by atoms with E-state index in [0.717, 1.165) is 42.0 Å². The molecule has 1 aliphatic rings. The van der Waals surface area contributed by atoms with E-state index < -0.39 is 5.82 Å². The smallest absolute Gasteiger partial charge is 0.277 e. The van der Waals surface area contributed by atoms with Gasteiger partial charge in [0.1, 0.15) is 23.9 Å². The lowest BCUT2D eigenvalue weighted by Gasteiger charge is -2.05. The molecule has 0 saturated carbocycles. The summed E-state index contributed by atoms with van der Waals surface area (Å²) in [6.45, 7) is 0.978. The van der Waals surface area contributed by atoms with Crippen molar-refractivity contribution in [2.24, 2.45) is 0 Å². The maximum absolute atomic E-state index is 13.3. The molecule has 1 atom stereocenters. The molecule has 0 spiro atoms. The Morgan fingerprint density at radius 2 is 2.03 bits per heavy atom. The summed E-state index contributed by atoms with van der Waals surface area (Å²) in [5, 5.41) is 6.10. The van der Waals surface area contributed by atoms with Crippen LogP contribution in [0.3, 0.4) is 0 Å². The number of carbonyl (C=O) groups is 1. The average Bonchev–Trinajstić information content (AvgIpc) is 3.42. The number of aromatic nitrogens is 4. The van der Waals surface area contributed by atoms with Gasteiger partial charge in [-0.3, -0.25) is 4.79 Å². The Bertz CT molecular complexity index is 1260. The highest BCUT2D eigenvalue weighted by molar-refractivity contribution is 6.04. The van der Waals surface area contributed by atoms with Crippen LogP contribution in [0.5, 0.6) is 0 Å². The Kier molecular flexibility index (Phi) is 4.79. The van der Waals surface area contributed by atoms with E-state index in [1.54, 1.807) is 18.3 Å². The number of hydrogen-bond acceptors (Lipinski definition) is 5. The third-order valence-corrected chi connectivity index (χ3v) is 5.45. The van der Waals surface area contributed by atoms with Crippen molar-refractivity contribution < 1.29 is 13.6 Å². The van der Waals surface area contributed by atoms with E-state index in [1.165, 1.54) is 18.3 Å². The quantitative estimate of drug-likeness (QED) is 0.381. The van der Waals surface area contributed by atoms with Crippen molar-refractivity contribution in [3.05, 3.63) is 72.2 Å². The molecule has 31 heavy (non-hydrogen) atoms. The van der Waals surface area contributed by atoms with Crippen molar-refractivity contribution in [1.82, 2.24) is 20.3 Å². The Balaban J connectivity index is 1.47. The van der Waals surface area contributed by atoms with Crippen LogP contribution in [0.1, 0.15) is 35.1 Å². The summed E-state index contributed by atoms with van der Waals surface area (Å²) < 4.78 is 15.4. The molecule has 1 fully saturated rings. The van der Waals surface area contributed by atoms with E-state index in [2.05, 4.69) is 25.6 Å². The Hall–Kier alpha value is -3.85. The number of imidazole rings is 1. The average molecular weight is 418 g/mol. The normalized spacial score (nSPS) is 16.0. The van der Waals surface area contributed by atoms with Gasteiger partial charge in [0.15, 0.2) is 11.5 Å². The first-order chi connectivity index (χ1) is 15.1. The van der Waals surface area contributed by atoms with Gasteiger partial charge in [0.2, 0.25) is 5.52 Å². The van der Waals surface area contributed by atoms with E-state index in [4.69, 9.17) is 5.73 Å². The fourth-order valence-corrected chi connectivity index (χ4v) is 3.97. The molecule has 1 amide bonds. The number of H-pyrrole nitrogens is 1. The van der Waals surface area contributed by atoms with Crippen LogP contribution in [0, 0.1) is 5.82 Å². The molecule has 0 radical (unpaired) electrons. The lowest BCUT2D eigenvalue weighted by Crippen LogP contribution is -2.31. The summed E-state index contributed by atoms with van der Waals surface area (Å²) in [6.07, 6.45) is 7.04. The molecule has 0 bridgehead atoms. The van der Waals surface area contributed by atoms with Crippen LogP contribution in [0.2, 0.25) is 0 Å². The van der Waals surface area contributed by atoms with Gasteiger partial charge in [-0.05, 0) is 49.7 Å². The number of aromatic amines is 1. The number of anilines is 2. The number of fused-ring (bicyclic) bond motifs is 1. The maximum atomic E-state index is 13.3. The lowest BCUT2D eigenvalue weighted by molar-refractivity contribution is -0.523. The molecule has 1 aromatic carbocycles. The highest BCUT2D eigenvalue weighted by Crippen LogP contribution is 2.28. The van der Waals surface area contributed by atoms with Crippen LogP contribution < -0.4 is 20.8 Å². The molecule has 1 saturated heterocycles. The molecule has 4 aromatic rings. The number of benzene rings is 1. The highest BCUT2D eigenvalue weighted by atomic mass is 19.1. The van der Waals surface area contributed by atoms with Gasteiger partial charge < -0.3 is 16.4 Å². The summed E-state index contributed by atoms with van der Waals surface area (Å²) in [5.74, 6) is 0.781. The van der Waals surface area contributed by atoms with Crippen LogP contribution >= 0.6 is 0 Å². The summed E-state index contributed by atoms with van der Waals surface area (Å²) in [7, 11) is 0. The maximum Gasteiger partial charge on any atom is 0.277 e. The van der Waals surface area contributed by atoms with Crippen molar-refractivity contribution in [2.45, 2.75) is 18.9 Å². The summed E-state index contributed by atoms with van der Waals surface area (Å²) in [4.78, 5) is 24.2. The van der Waals surface area contributed by atoms with Gasteiger partial charge in [-0.2, -0.15) is 4.40 Å². The number of carbonyl (C=O) groups excluding carboxylic acids is 1. The number of halogens is 1. The third-order valence-electron chi connectivity index (χ3n) is 5.45. The zero-order chi connectivity index (χ0) is 21.4. The van der Waals surface area contributed by atoms with Gasteiger partial charge in [0, 0.05) is 23.4 Å². The fourth-order valence-electron chi connectivity index (χ4n) is 3.97. The van der Waals surface area contributed by atoms with Gasteiger partial charge in [0.25, 0.3) is 11.7 Å². The van der Waals surface area contributed by atoms with Gasteiger partial charge in [-0.15, -0.1) is 0 Å². The molecule has 156 valence electrons. The van der Waals surface area contributed by atoms with E-state index in [0.29, 0.717) is 11.4 Å². The van der Waals surface area contributed by atoms with Crippen molar-refractivity contribution in [3.63, 3.8) is 0 Å². The molecular formula is C22H21FN7O+. The standard InChI is InChI=1S/C22H20FN7O/c23-15-7-9-26-17(12-15)28-22(31)14-5-3-13(4-6-14)18-19-20(24)27-10-11-30(19)21(29-18)16-2-1-8-25-16/h3-7,9-12,16,25H,1-2,8H2,(H3,24,26,27,28,31)/p+1/t16-/m0/s1. The van der Waals surface area contributed by atoms with Crippen molar-refractivity contribution in [2.75, 3.05) is 17.6 Å². The van der Waals surface area contributed by atoms with Crippen LogP contribution in [0.15, 0.2) is 55.0 Å². The molecule has 4 heterocycles. The number of hydrogen-bond donors (Lipinski definition) is 4. The molecule has 1 aliphatic heterocycles. The second-order valence-corrected chi connectivity index (χ2v) is 7.46. The molecule has 8 nitrogen and oxygen atoms in total. The van der Waals surface area contributed by atoms with Crippen LogP contribution in [-0.2, 0) is 0 Å². The Morgan fingerprint density at radius 3 is 2.77 bits per heavy atom. The molecule has 0 aliphatic carbocycles. The second-order valence-electron chi connectivity index (χ2n) is 7.46. The Labute approximate surface area is 177 Å². The summed E-state index contributed by atoms with van der Waals surface area (Å²) >= 11 is 0. The summed E-state index contributed by atoms with van der Waals surface area (Å²) in [5.41, 5.74) is 9.16. The van der Waals surface area contributed by atoms with Crippen LogP contribution in [0.25, 0.3) is 16.8 Å². The summed E-state index contributed by atoms with van der Waals surface area (Å²) in [6, 6.07) is 9.72. The van der Waals surface area contributed by atoms with E-state index in [9.17, 15) is 9.18 Å². The first-order valence-electron chi connectivity index (χ1n) is 10.0. The molecule has 3 aromatic heterocycles. The number of nitrogens with one attached hydrogen (secondary N) is 3. The minimum Gasteiger partial charge on any atom is -0.380 e. The highest BCUT2D eigenvalue weighted by Gasteiger charge is 2.30. The SMILES string of the molecule is Nc1ncc[n+]2c([C@@H]3CCCN3)[nH]c(-c3ccc(C(=O)Nc4cc(F)ccn4)cc3)c12. The molecule has 0 unspecified atom stereocenters. The van der Waals surface area contributed by atoms with Gasteiger partial charge >= 0.3 is 0 Å². The minimum absolute atomic E-state index is 0.161. The zero-order valence-electron chi connectivity index (χ0n) is 16.6. The predicted molar refractivity (Wildman–Crippen MR) is 114 cm³/mol. The third kappa shape index (κ3) is 3.59. The first-order valence-corrected chi connectivity index (χ1v) is 10.0. The first kappa shape index (κ1) is 19.1. The minimum atomic E-state index is -0.462. The van der Waals surface area contributed by atoms with Crippen molar-refractivity contribution in [1.29, 1.82) is 0 Å². The number of pyridine rings is 1. The lowest BCUT2D eigenvalue weighted by atomic mass is 10.1. The topological polar surface area (TPSA) is 113 Å². The van der Waals surface area contributed by atoms with Crippen molar-refractivity contribution in [3.8, 4) is 11.3 Å². The van der Waals surface area contributed by atoms with Crippen LogP contribution in [0.4, 0.5) is 16.0 Å². The van der Waals surface area contributed by atoms with Crippen LogP contribution in [-0.4, -0.2) is 27.4 Å². The van der Waals surface area contributed by atoms with E-state index in [1.807, 2.05) is 22.7 Å². The van der Waals surface area contributed by atoms with Gasteiger partial charge in [-0.25, -0.2) is 19.3 Å². The number of rotatable bonds is 4. The number of amides is 1. The molecule has 5 N–H and O–H groups in total. The van der Waals surface area contributed by atoms with E-state index >= 15 is 0 Å². The molecule has 9 heteroatoms. The fraction of sp³-hybridized carbons (Fsp3) is 0.182. The second kappa shape index (κ2) is 7.77. The van der Waals surface area contributed by atoms with E-state index in [-0.39, 0.29) is 17.8 Å². The zero-order valence-corrected chi connectivity index (χ0v) is 16.6. The molecular weight excluding hydrogens is 397 g/mol. The predicted octanol–water partition coefficient (Wildman–Crippen LogP) is 2.61. The number of nitrogens with two attached hydrogens (primary N) is 1. The molecule has 5 rings (SSSR count).